The van der Waals surface area contributed by atoms with E-state index < -0.39 is 0 Å². The third-order valence-corrected chi connectivity index (χ3v) is 3.84. The Hall–Kier alpha value is -0.800. The van der Waals surface area contributed by atoms with Crippen LogP contribution in [0.1, 0.15) is 26.0 Å². The van der Waals surface area contributed by atoms with E-state index in [1.807, 2.05) is 0 Å². The first-order chi connectivity index (χ1) is 8.16. The standard InChI is InChI=1S/C14H25N3/c1-12(2)17-8-6-13(11-17)9-15-10-14-5-4-7-16(14)3/h4-5,7,12-13,15H,6,8-11H2,1-3H3. The van der Waals surface area contributed by atoms with Crippen LogP contribution in [0.5, 0.6) is 0 Å². The van der Waals surface area contributed by atoms with Gasteiger partial charge in [0.2, 0.25) is 0 Å². The van der Waals surface area contributed by atoms with E-state index in [-0.39, 0.29) is 0 Å². The fourth-order valence-corrected chi connectivity index (χ4v) is 2.58. The predicted molar refractivity (Wildman–Crippen MR) is 71.9 cm³/mol. The van der Waals surface area contributed by atoms with Crippen LogP contribution in [0.4, 0.5) is 0 Å². The largest absolute Gasteiger partial charge is 0.353 e. The van der Waals surface area contributed by atoms with E-state index in [0.29, 0.717) is 6.04 Å². The summed E-state index contributed by atoms with van der Waals surface area (Å²) in [6.45, 7) is 9.25. The lowest BCUT2D eigenvalue weighted by Gasteiger charge is -2.20. The maximum atomic E-state index is 3.58. The number of likely N-dealkylation sites (tertiary alicyclic amines) is 1. The smallest absolute Gasteiger partial charge is 0.0359 e. The first kappa shape index (κ1) is 12.7. The molecule has 1 aliphatic heterocycles. The highest BCUT2D eigenvalue weighted by molar-refractivity contribution is 5.05. The topological polar surface area (TPSA) is 20.2 Å². The second-order valence-electron chi connectivity index (χ2n) is 5.48. The minimum absolute atomic E-state index is 0.702. The first-order valence-electron chi connectivity index (χ1n) is 6.72. The zero-order valence-corrected chi connectivity index (χ0v) is 11.3. The predicted octanol–water partition coefficient (Wildman–Crippen LogP) is 1.84. The summed E-state index contributed by atoms with van der Waals surface area (Å²) in [5, 5.41) is 3.58. The van der Waals surface area contributed by atoms with Crippen LogP contribution >= 0.6 is 0 Å². The molecule has 1 saturated heterocycles. The fourth-order valence-electron chi connectivity index (χ4n) is 2.58. The van der Waals surface area contributed by atoms with Gasteiger partial charge in [0.05, 0.1) is 0 Å². The van der Waals surface area contributed by atoms with Crippen molar-refractivity contribution in [2.24, 2.45) is 13.0 Å². The molecule has 3 nitrogen and oxygen atoms in total. The molecule has 0 bridgehead atoms. The molecule has 0 saturated carbocycles. The van der Waals surface area contributed by atoms with Gasteiger partial charge in [0.25, 0.3) is 0 Å². The maximum Gasteiger partial charge on any atom is 0.0359 e. The first-order valence-corrected chi connectivity index (χ1v) is 6.72. The van der Waals surface area contributed by atoms with Crippen molar-refractivity contribution in [3.63, 3.8) is 0 Å². The molecule has 1 N–H and O–H groups in total. The van der Waals surface area contributed by atoms with E-state index in [0.717, 1.165) is 19.0 Å². The minimum atomic E-state index is 0.702. The number of hydrogen-bond donors (Lipinski definition) is 1. The average Bonchev–Trinajstić information content (AvgIpc) is 2.89. The van der Waals surface area contributed by atoms with Crippen molar-refractivity contribution in [1.29, 1.82) is 0 Å². The second-order valence-corrected chi connectivity index (χ2v) is 5.48. The molecule has 0 aromatic carbocycles. The summed E-state index contributed by atoms with van der Waals surface area (Å²) in [5.74, 6) is 0.831. The highest BCUT2D eigenvalue weighted by atomic mass is 15.2. The van der Waals surface area contributed by atoms with Gasteiger partial charge in [0, 0.05) is 38.1 Å². The Kier molecular flexibility index (Phi) is 4.24. The van der Waals surface area contributed by atoms with E-state index in [1.54, 1.807) is 0 Å². The molecule has 96 valence electrons. The van der Waals surface area contributed by atoms with Gasteiger partial charge in [-0.3, -0.25) is 0 Å². The van der Waals surface area contributed by atoms with Crippen LogP contribution in [0.2, 0.25) is 0 Å². The van der Waals surface area contributed by atoms with Gasteiger partial charge in [0.15, 0.2) is 0 Å². The summed E-state index contributed by atoms with van der Waals surface area (Å²) >= 11 is 0. The van der Waals surface area contributed by atoms with Gasteiger partial charge in [-0.25, -0.2) is 0 Å². The molecule has 0 spiro atoms. The molecular weight excluding hydrogens is 210 g/mol. The summed E-state index contributed by atoms with van der Waals surface area (Å²) in [7, 11) is 2.10. The summed E-state index contributed by atoms with van der Waals surface area (Å²) in [6.07, 6.45) is 3.45. The lowest BCUT2D eigenvalue weighted by Crippen LogP contribution is -2.30. The van der Waals surface area contributed by atoms with Crippen LogP contribution in [0, 0.1) is 5.92 Å². The van der Waals surface area contributed by atoms with Gasteiger partial charge in [-0.2, -0.15) is 0 Å². The van der Waals surface area contributed by atoms with Crippen molar-refractivity contribution >= 4 is 0 Å². The van der Waals surface area contributed by atoms with Crippen molar-refractivity contribution < 1.29 is 0 Å². The third kappa shape index (κ3) is 3.33. The normalized spacial score (nSPS) is 21.5. The molecule has 1 aromatic rings. The van der Waals surface area contributed by atoms with Gasteiger partial charge in [-0.05, 0) is 51.4 Å². The Balaban J connectivity index is 1.68. The van der Waals surface area contributed by atoms with Gasteiger partial charge >= 0.3 is 0 Å². The molecular formula is C14H25N3. The Labute approximate surface area is 105 Å². The number of rotatable bonds is 5. The molecule has 1 aromatic heterocycles. The number of hydrogen-bond acceptors (Lipinski definition) is 2. The third-order valence-electron chi connectivity index (χ3n) is 3.84. The molecule has 2 heterocycles. The van der Waals surface area contributed by atoms with Crippen LogP contribution in [-0.4, -0.2) is 35.1 Å². The molecule has 1 unspecified atom stereocenters. The number of aryl methyl sites for hydroxylation is 1. The van der Waals surface area contributed by atoms with Crippen LogP contribution in [-0.2, 0) is 13.6 Å². The monoisotopic (exact) mass is 235 g/mol. The second kappa shape index (κ2) is 5.69. The zero-order chi connectivity index (χ0) is 12.3. The lowest BCUT2D eigenvalue weighted by molar-refractivity contribution is 0.264. The molecule has 3 heteroatoms. The number of aromatic nitrogens is 1. The SMILES string of the molecule is CC(C)N1CCC(CNCc2cccn2C)C1. The van der Waals surface area contributed by atoms with Gasteiger partial charge in [-0.1, -0.05) is 0 Å². The van der Waals surface area contributed by atoms with Crippen molar-refractivity contribution in [3.05, 3.63) is 24.0 Å². The molecule has 0 radical (unpaired) electrons. The van der Waals surface area contributed by atoms with Crippen molar-refractivity contribution in [3.8, 4) is 0 Å². The summed E-state index contributed by atoms with van der Waals surface area (Å²) in [5.41, 5.74) is 1.36. The summed E-state index contributed by atoms with van der Waals surface area (Å²) in [6, 6.07) is 4.99. The maximum absolute atomic E-state index is 3.58. The lowest BCUT2D eigenvalue weighted by atomic mass is 10.1. The van der Waals surface area contributed by atoms with E-state index in [4.69, 9.17) is 0 Å². The number of nitrogens with zero attached hydrogens (tertiary/aromatic N) is 2. The van der Waals surface area contributed by atoms with Gasteiger partial charge < -0.3 is 14.8 Å². The van der Waals surface area contributed by atoms with E-state index in [1.165, 1.54) is 25.2 Å². The van der Waals surface area contributed by atoms with E-state index in [9.17, 15) is 0 Å². The Morgan fingerprint density at radius 1 is 1.47 bits per heavy atom. The molecule has 2 rings (SSSR count). The Morgan fingerprint density at radius 3 is 2.88 bits per heavy atom. The molecule has 17 heavy (non-hydrogen) atoms. The summed E-state index contributed by atoms with van der Waals surface area (Å²) in [4.78, 5) is 2.58. The molecule has 1 fully saturated rings. The fraction of sp³-hybridized carbons (Fsp3) is 0.714. The van der Waals surface area contributed by atoms with Crippen molar-refractivity contribution in [2.75, 3.05) is 19.6 Å². The Morgan fingerprint density at radius 2 is 2.29 bits per heavy atom. The van der Waals surface area contributed by atoms with Gasteiger partial charge in [-0.15, -0.1) is 0 Å². The molecule has 1 atom stereocenters. The van der Waals surface area contributed by atoms with Crippen LogP contribution < -0.4 is 5.32 Å². The molecule has 1 aliphatic rings. The van der Waals surface area contributed by atoms with Crippen molar-refractivity contribution in [1.82, 2.24) is 14.8 Å². The highest BCUT2D eigenvalue weighted by Gasteiger charge is 2.23. The molecule has 0 aliphatic carbocycles. The van der Waals surface area contributed by atoms with Crippen molar-refractivity contribution in [2.45, 2.75) is 32.9 Å². The average molecular weight is 235 g/mol. The Bertz CT molecular complexity index is 343. The van der Waals surface area contributed by atoms with E-state index in [2.05, 4.69) is 54.0 Å². The molecule has 0 amide bonds. The van der Waals surface area contributed by atoms with Crippen LogP contribution in [0.15, 0.2) is 18.3 Å². The van der Waals surface area contributed by atoms with Crippen LogP contribution in [0.25, 0.3) is 0 Å². The highest BCUT2D eigenvalue weighted by Crippen LogP contribution is 2.17. The zero-order valence-electron chi connectivity index (χ0n) is 11.3. The minimum Gasteiger partial charge on any atom is -0.353 e. The van der Waals surface area contributed by atoms with Gasteiger partial charge in [0.1, 0.15) is 0 Å². The van der Waals surface area contributed by atoms with E-state index >= 15 is 0 Å². The number of nitrogens with one attached hydrogen (secondary N) is 1. The summed E-state index contributed by atoms with van der Waals surface area (Å²) < 4.78 is 2.18. The van der Waals surface area contributed by atoms with Crippen LogP contribution in [0.3, 0.4) is 0 Å². The quantitative estimate of drug-likeness (QED) is 0.840.